The average molecular weight is 304 g/mol. The van der Waals surface area contributed by atoms with Crippen molar-refractivity contribution < 1.29 is 24.9 Å². The minimum absolute atomic E-state index is 0.100. The summed E-state index contributed by atoms with van der Waals surface area (Å²) in [7, 11) is 1.74. The second-order valence-electron chi connectivity index (χ2n) is 5.18. The number of carboxylic acid groups (broad SMARTS) is 1. The second kappa shape index (κ2) is 17.1. The van der Waals surface area contributed by atoms with Crippen LogP contribution < -0.4 is 0 Å². The number of aliphatic hydroxyl groups is 2. The Morgan fingerprint density at radius 2 is 1.52 bits per heavy atom. The molecule has 0 fully saturated rings. The fourth-order valence-corrected chi connectivity index (χ4v) is 1.60. The van der Waals surface area contributed by atoms with Gasteiger partial charge in [0.05, 0.1) is 12.7 Å². The molecule has 0 aliphatic heterocycles. The van der Waals surface area contributed by atoms with Crippen molar-refractivity contribution in [2.24, 2.45) is 0 Å². The first kappa shape index (κ1) is 22.4. The lowest BCUT2D eigenvalue weighted by Crippen LogP contribution is -2.10. The Balaban J connectivity index is 0. The van der Waals surface area contributed by atoms with Gasteiger partial charge in [-0.2, -0.15) is 0 Å². The van der Waals surface area contributed by atoms with Crippen LogP contribution in [0.1, 0.15) is 58.3 Å². The van der Waals surface area contributed by atoms with Crippen molar-refractivity contribution in [3.8, 4) is 0 Å². The Morgan fingerprint density at radius 1 is 1.10 bits per heavy atom. The monoisotopic (exact) mass is 304 g/mol. The number of ether oxygens (including phenoxy) is 1. The van der Waals surface area contributed by atoms with E-state index in [1.54, 1.807) is 7.11 Å². The molecule has 0 aliphatic carbocycles. The van der Waals surface area contributed by atoms with Crippen molar-refractivity contribution in [1.29, 1.82) is 0 Å². The normalized spacial score (nSPS) is 11.4. The first-order valence-corrected chi connectivity index (χ1v) is 7.62. The number of methoxy groups -OCH3 is 1. The van der Waals surface area contributed by atoms with Gasteiger partial charge < -0.3 is 20.1 Å². The third-order valence-corrected chi connectivity index (χ3v) is 2.96. The molecule has 0 rings (SSSR count). The van der Waals surface area contributed by atoms with Crippen molar-refractivity contribution >= 4 is 5.97 Å². The first-order chi connectivity index (χ1) is 9.95. The summed E-state index contributed by atoms with van der Waals surface area (Å²) in [6.07, 6.45) is 8.65. The highest BCUT2D eigenvalue weighted by atomic mass is 16.5. The zero-order valence-corrected chi connectivity index (χ0v) is 13.5. The van der Waals surface area contributed by atoms with E-state index in [0.29, 0.717) is 0 Å². The number of rotatable bonds is 12. The fourth-order valence-electron chi connectivity index (χ4n) is 1.60. The molecule has 0 spiro atoms. The third-order valence-electron chi connectivity index (χ3n) is 2.96. The Hall–Kier alpha value is -0.910. The standard InChI is InChI=1S/C12H26O3.C4H6O2/c1-15-10-8-6-4-2-3-5-7-9-12(14)11-13;1-3(2)4(5)6/h12-14H,2-11H2,1H3;1H2,2H3,(H,5,6). The topological polar surface area (TPSA) is 87.0 Å². The van der Waals surface area contributed by atoms with Crippen molar-refractivity contribution in [2.75, 3.05) is 20.3 Å². The maximum absolute atomic E-state index is 9.60. The van der Waals surface area contributed by atoms with E-state index in [0.717, 1.165) is 19.4 Å². The van der Waals surface area contributed by atoms with Crippen LogP contribution in [0.5, 0.6) is 0 Å². The summed E-state index contributed by atoms with van der Waals surface area (Å²) in [4.78, 5) is 9.60. The average Bonchev–Trinajstić information content (AvgIpc) is 2.45. The molecule has 0 amide bonds. The molecular formula is C16H32O5. The van der Waals surface area contributed by atoms with Gasteiger partial charge in [-0.25, -0.2) is 4.79 Å². The maximum atomic E-state index is 9.60. The van der Waals surface area contributed by atoms with Crippen LogP contribution in [0.25, 0.3) is 0 Å². The molecule has 0 saturated carbocycles. The summed E-state index contributed by atoms with van der Waals surface area (Å²) < 4.78 is 4.97. The molecule has 0 aromatic carbocycles. The van der Waals surface area contributed by atoms with E-state index in [-0.39, 0.29) is 12.2 Å². The fraction of sp³-hybridized carbons (Fsp3) is 0.812. The van der Waals surface area contributed by atoms with Crippen LogP contribution in [0.2, 0.25) is 0 Å². The highest BCUT2D eigenvalue weighted by molar-refractivity contribution is 5.84. The van der Waals surface area contributed by atoms with E-state index in [2.05, 4.69) is 6.58 Å². The molecule has 0 aliphatic rings. The summed E-state index contributed by atoms with van der Waals surface area (Å²) >= 11 is 0. The van der Waals surface area contributed by atoms with Gasteiger partial charge in [0.1, 0.15) is 0 Å². The molecule has 5 heteroatoms. The van der Waals surface area contributed by atoms with E-state index in [9.17, 15) is 4.79 Å². The van der Waals surface area contributed by atoms with Gasteiger partial charge in [0.25, 0.3) is 0 Å². The smallest absolute Gasteiger partial charge is 0.330 e. The zero-order chi connectivity index (χ0) is 16.5. The van der Waals surface area contributed by atoms with Gasteiger partial charge >= 0.3 is 5.97 Å². The van der Waals surface area contributed by atoms with Gasteiger partial charge in [0.15, 0.2) is 0 Å². The van der Waals surface area contributed by atoms with Gasteiger partial charge in [-0.3, -0.25) is 0 Å². The predicted octanol–water partition coefficient (Wildman–Crippen LogP) is 2.75. The quantitative estimate of drug-likeness (QED) is 0.381. The van der Waals surface area contributed by atoms with Crippen LogP contribution in [0.4, 0.5) is 0 Å². The molecule has 1 atom stereocenters. The molecule has 5 nitrogen and oxygen atoms in total. The van der Waals surface area contributed by atoms with Crippen molar-refractivity contribution in [2.45, 2.75) is 64.4 Å². The molecule has 126 valence electrons. The number of carbonyl (C=O) groups is 1. The lowest BCUT2D eigenvalue weighted by molar-refractivity contribution is -0.132. The number of hydrogen-bond acceptors (Lipinski definition) is 4. The van der Waals surface area contributed by atoms with Crippen LogP contribution in [-0.2, 0) is 9.53 Å². The summed E-state index contributed by atoms with van der Waals surface area (Å²) in [5.41, 5.74) is 0.176. The highest BCUT2D eigenvalue weighted by Crippen LogP contribution is 2.09. The van der Waals surface area contributed by atoms with E-state index in [4.69, 9.17) is 20.1 Å². The first-order valence-electron chi connectivity index (χ1n) is 7.62. The molecule has 0 aromatic rings. The molecule has 21 heavy (non-hydrogen) atoms. The summed E-state index contributed by atoms with van der Waals surface area (Å²) in [5, 5.41) is 25.6. The Bertz CT molecular complexity index is 241. The molecule has 0 heterocycles. The number of unbranched alkanes of at least 4 members (excludes halogenated alkanes) is 6. The van der Waals surface area contributed by atoms with Crippen molar-refractivity contribution in [1.82, 2.24) is 0 Å². The van der Waals surface area contributed by atoms with E-state index in [1.165, 1.54) is 45.4 Å². The van der Waals surface area contributed by atoms with Crippen LogP contribution in [-0.4, -0.2) is 47.7 Å². The number of carboxylic acids is 1. The van der Waals surface area contributed by atoms with Gasteiger partial charge in [-0.15, -0.1) is 0 Å². The Morgan fingerprint density at radius 3 is 1.90 bits per heavy atom. The number of aliphatic carboxylic acids is 1. The Kier molecular flexibility index (Phi) is 18.3. The highest BCUT2D eigenvalue weighted by Gasteiger charge is 2.00. The third kappa shape index (κ3) is 21.5. The lowest BCUT2D eigenvalue weighted by atomic mass is 10.1. The lowest BCUT2D eigenvalue weighted by Gasteiger charge is -2.06. The maximum Gasteiger partial charge on any atom is 0.330 e. The van der Waals surface area contributed by atoms with Gasteiger partial charge in [0, 0.05) is 19.3 Å². The molecule has 1 unspecified atom stereocenters. The number of aliphatic hydroxyl groups excluding tert-OH is 2. The molecule has 0 bridgehead atoms. The van der Waals surface area contributed by atoms with E-state index >= 15 is 0 Å². The summed E-state index contributed by atoms with van der Waals surface area (Å²) in [5.74, 6) is -0.935. The van der Waals surface area contributed by atoms with Crippen LogP contribution in [0.15, 0.2) is 12.2 Å². The molecule has 0 saturated heterocycles. The van der Waals surface area contributed by atoms with Crippen molar-refractivity contribution in [3.63, 3.8) is 0 Å². The van der Waals surface area contributed by atoms with E-state index in [1.807, 2.05) is 0 Å². The Labute approximate surface area is 128 Å². The van der Waals surface area contributed by atoms with Crippen molar-refractivity contribution in [3.05, 3.63) is 12.2 Å². The summed E-state index contributed by atoms with van der Waals surface area (Å²) in [6.45, 7) is 5.38. The van der Waals surface area contributed by atoms with Crippen LogP contribution >= 0.6 is 0 Å². The van der Waals surface area contributed by atoms with Gasteiger partial charge in [0.2, 0.25) is 0 Å². The zero-order valence-electron chi connectivity index (χ0n) is 13.5. The largest absolute Gasteiger partial charge is 0.478 e. The predicted molar refractivity (Wildman–Crippen MR) is 84.4 cm³/mol. The van der Waals surface area contributed by atoms with Gasteiger partial charge in [-0.1, -0.05) is 45.1 Å². The molecular weight excluding hydrogens is 272 g/mol. The molecule has 0 aromatic heterocycles. The number of hydrogen-bond donors (Lipinski definition) is 3. The molecule has 3 N–H and O–H groups in total. The van der Waals surface area contributed by atoms with Crippen LogP contribution in [0.3, 0.4) is 0 Å². The minimum Gasteiger partial charge on any atom is -0.478 e. The second-order valence-corrected chi connectivity index (χ2v) is 5.18. The molecule has 0 radical (unpaired) electrons. The van der Waals surface area contributed by atoms with Gasteiger partial charge in [-0.05, 0) is 19.8 Å². The van der Waals surface area contributed by atoms with E-state index < -0.39 is 12.1 Å². The minimum atomic E-state index is -0.935. The summed E-state index contributed by atoms with van der Waals surface area (Å²) in [6, 6.07) is 0. The van der Waals surface area contributed by atoms with Crippen LogP contribution in [0, 0.1) is 0 Å². The SMILES string of the molecule is C=C(C)C(=O)O.COCCCCCCCCCC(O)CO.